The van der Waals surface area contributed by atoms with Crippen LogP contribution < -0.4 is 15.7 Å². The first kappa shape index (κ1) is 14.2. The van der Waals surface area contributed by atoms with Crippen LogP contribution in [0.4, 0.5) is 17.1 Å². The average Bonchev–Trinajstić information content (AvgIpc) is 3.06. The minimum absolute atomic E-state index is 0.348. The van der Waals surface area contributed by atoms with Crippen LogP contribution in [-0.2, 0) is 4.84 Å². The average molecular weight is 304 g/mol. The third kappa shape index (κ3) is 3.14. The van der Waals surface area contributed by atoms with Crippen LogP contribution in [0.25, 0.3) is 0 Å². The summed E-state index contributed by atoms with van der Waals surface area (Å²) in [4.78, 5) is 10.1. The van der Waals surface area contributed by atoms with Crippen molar-refractivity contribution in [2.75, 3.05) is 22.4 Å². The molecule has 0 unspecified atom stereocenters. The lowest BCUT2D eigenvalue weighted by molar-refractivity contribution is 0.300. The molecular weight excluding hydrogens is 292 g/mol. The van der Waals surface area contributed by atoms with Crippen molar-refractivity contribution >= 4 is 23.0 Å². The number of hydrogen-bond donors (Lipinski definition) is 2. The lowest BCUT2D eigenvalue weighted by Gasteiger charge is -2.17. The van der Waals surface area contributed by atoms with E-state index in [1.807, 2.05) is 36.7 Å². The van der Waals surface area contributed by atoms with Gasteiger partial charge in [-0.2, -0.15) is 15.6 Å². The number of aliphatic imine (C=N–C) groups is 1. The fraction of sp³-hybridized carbons (Fsp3) is 0.0625. The first-order valence-electron chi connectivity index (χ1n) is 6.81. The number of nitrogens with zero attached hydrogens (tertiary/aromatic N) is 4. The number of nitrogens with one attached hydrogen (secondary N) is 2. The number of hydrogen-bond acceptors (Lipinski definition) is 7. The van der Waals surface area contributed by atoms with E-state index in [1.54, 1.807) is 29.3 Å². The molecule has 0 aliphatic carbocycles. The summed E-state index contributed by atoms with van der Waals surface area (Å²) in [6, 6.07) is 14.6. The number of hydroxylamine groups is 1. The zero-order chi connectivity index (χ0) is 16.1. The Bertz CT molecular complexity index is 833. The molecule has 0 saturated heterocycles. The van der Waals surface area contributed by atoms with Crippen LogP contribution in [0.2, 0.25) is 0 Å². The largest absolute Gasteiger partial charge is 0.357 e. The highest BCUT2D eigenvalue weighted by atomic mass is 16.7. The Morgan fingerprint density at radius 1 is 1.00 bits per heavy atom. The van der Waals surface area contributed by atoms with Gasteiger partial charge in [0, 0.05) is 16.9 Å². The van der Waals surface area contributed by atoms with Gasteiger partial charge in [0.2, 0.25) is 0 Å². The van der Waals surface area contributed by atoms with E-state index in [0.717, 1.165) is 11.3 Å². The van der Waals surface area contributed by atoms with E-state index in [9.17, 15) is 0 Å². The Morgan fingerprint density at radius 2 is 1.70 bits per heavy atom. The Labute approximate surface area is 133 Å². The fourth-order valence-electron chi connectivity index (χ4n) is 2.17. The third-order valence-corrected chi connectivity index (χ3v) is 3.18. The van der Waals surface area contributed by atoms with Gasteiger partial charge in [0.05, 0.1) is 5.69 Å². The third-order valence-electron chi connectivity index (χ3n) is 3.18. The lowest BCUT2D eigenvalue weighted by atomic mass is 10.2. The standard InChI is InChI=1S/C16H12N6O/c17-9-19-13-4-1-3-12(7-13)16-21-11-22(23-16)15-6-2-5-14(8-15)20-10-18/h1-8,19-20H,11H2. The van der Waals surface area contributed by atoms with Gasteiger partial charge in [-0.15, -0.1) is 0 Å². The highest BCUT2D eigenvalue weighted by molar-refractivity contribution is 5.96. The molecule has 2 aromatic carbocycles. The Morgan fingerprint density at radius 3 is 2.43 bits per heavy atom. The second kappa shape index (κ2) is 6.37. The van der Waals surface area contributed by atoms with Crippen molar-refractivity contribution < 1.29 is 4.84 Å². The molecule has 2 aromatic rings. The van der Waals surface area contributed by atoms with Crippen LogP contribution in [0.15, 0.2) is 53.5 Å². The van der Waals surface area contributed by atoms with Crippen molar-refractivity contribution in [2.24, 2.45) is 4.99 Å². The topological polar surface area (TPSA) is 96.5 Å². The summed E-state index contributed by atoms with van der Waals surface area (Å²) in [5, 5.41) is 24.1. The molecule has 0 fully saturated rings. The zero-order valence-electron chi connectivity index (χ0n) is 12.0. The Hall–Kier alpha value is -3.71. The summed E-state index contributed by atoms with van der Waals surface area (Å²) in [5.41, 5.74) is 2.92. The summed E-state index contributed by atoms with van der Waals surface area (Å²) in [6.07, 6.45) is 3.76. The summed E-state index contributed by atoms with van der Waals surface area (Å²) in [7, 11) is 0. The van der Waals surface area contributed by atoms with Crippen molar-refractivity contribution in [1.29, 1.82) is 10.5 Å². The first-order chi connectivity index (χ1) is 11.3. The van der Waals surface area contributed by atoms with Crippen LogP contribution in [0.1, 0.15) is 5.56 Å². The molecule has 7 heteroatoms. The maximum Gasteiger partial charge on any atom is 0.250 e. The second-order valence-electron chi connectivity index (χ2n) is 4.68. The maximum atomic E-state index is 8.68. The lowest BCUT2D eigenvalue weighted by Crippen LogP contribution is -2.20. The van der Waals surface area contributed by atoms with Gasteiger partial charge in [0.1, 0.15) is 6.67 Å². The number of nitriles is 2. The number of anilines is 3. The summed E-state index contributed by atoms with van der Waals surface area (Å²) in [5.74, 6) is 0.477. The Kier molecular flexibility index (Phi) is 3.94. The zero-order valence-corrected chi connectivity index (χ0v) is 12.0. The highest BCUT2D eigenvalue weighted by Crippen LogP contribution is 2.24. The van der Waals surface area contributed by atoms with Crippen molar-refractivity contribution in [2.45, 2.75) is 0 Å². The van der Waals surface area contributed by atoms with E-state index < -0.39 is 0 Å². The van der Waals surface area contributed by atoms with Gasteiger partial charge in [0.25, 0.3) is 5.90 Å². The molecule has 0 bridgehead atoms. The first-order valence-corrected chi connectivity index (χ1v) is 6.81. The van der Waals surface area contributed by atoms with E-state index in [0.29, 0.717) is 23.9 Å². The molecule has 0 saturated carbocycles. The van der Waals surface area contributed by atoms with E-state index >= 15 is 0 Å². The highest BCUT2D eigenvalue weighted by Gasteiger charge is 2.20. The molecule has 1 aliphatic rings. The van der Waals surface area contributed by atoms with Gasteiger partial charge in [0.15, 0.2) is 12.4 Å². The molecule has 0 atom stereocenters. The number of benzene rings is 2. The van der Waals surface area contributed by atoms with Crippen LogP contribution in [0.5, 0.6) is 0 Å². The van der Waals surface area contributed by atoms with Gasteiger partial charge in [-0.25, -0.2) is 4.99 Å². The summed E-state index contributed by atoms with van der Waals surface area (Å²) >= 11 is 0. The second-order valence-corrected chi connectivity index (χ2v) is 4.68. The van der Waals surface area contributed by atoms with E-state index in [1.165, 1.54) is 0 Å². The summed E-state index contributed by atoms with van der Waals surface area (Å²) in [6.45, 7) is 0.348. The quantitative estimate of drug-likeness (QED) is 0.666. The molecule has 3 rings (SSSR count). The molecule has 0 amide bonds. The normalized spacial score (nSPS) is 12.6. The van der Waals surface area contributed by atoms with Gasteiger partial charge in [-0.05, 0) is 36.4 Å². The van der Waals surface area contributed by atoms with Gasteiger partial charge >= 0.3 is 0 Å². The molecule has 0 spiro atoms. The van der Waals surface area contributed by atoms with Crippen LogP contribution in [0.3, 0.4) is 0 Å². The van der Waals surface area contributed by atoms with Crippen LogP contribution >= 0.6 is 0 Å². The van der Waals surface area contributed by atoms with Crippen LogP contribution in [-0.4, -0.2) is 12.6 Å². The maximum absolute atomic E-state index is 8.68. The smallest absolute Gasteiger partial charge is 0.250 e. The minimum atomic E-state index is 0.348. The van der Waals surface area contributed by atoms with Gasteiger partial charge in [-0.1, -0.05) is 12.1 Å². The van der Waals surface area contributed by atoms with Gasteiger partial charge in [-0.3, -0.25) is 10.6 Å². The predicted octanol–water partition coefficient (Wildman–Crippen LogP) is 2.63. The van der Waals surface area contributed by atoms with Crippen molar-refractivity contribution in [3.8, 4) is 12.4 Å². The van der Waals surface area contributed by atoms with Crippen molar-refractivity contribution in [1.82, 2.24) is 0 Å². The molecule has 0 aromatic heterocycles. The summed E-state index contributed by atoms with van der Waals surface area (Å²) < 4.78 is 0. The van der Waals surface area contributed by atoms with Gasteiger partial charge < -0.3 is 4.84 Å². The molecule has 0 radical (unpaired) electrons. The monoisotopic (exact) mass is 304 g/mol. The van der Waals surface area contributed by atoms with E-state index in [4.69, 9.17) is 15.4 Å². The number of rotatable bonds is 4. The minimum Gasteiger partial charge on any atom is -0.357 e. The van der Waals surface area contributed by atoms with E-state index in [-0.39, 0.29) is 0 Å². The molecule has 7 nitrogen and oxygen atoms in total. The van der Waals surface area contributed by atoms with Crippen molar-refractivity contribution in [3.63, 3.8) is 0 Å². The molecule has 112 valence electrons. The molecule has 2 N–H and O–H groups in total. The Balaban J connectivity index is 1.75. The SMILES string of the molecule is N#CNc1cccc(C2=NCN(c3cccc(NC#N)c3)O2)c1. The van der Waals surface area contributed by atoms with Crippen molar-refractivity contribution in [3.05, 3.63) is 54.1 Å². The molecule has 1 aliphatic heterocycles. The molecule has 1 heterocycles. The molecular formula is C16H12N6O. The fourth-order valence-corrected chi connectivity index (χ4v) is 2.17. The van der Waals surface area contributed by atoms with E-state index in [2.05, 4.69) is 15.6 Å². The predicted molar refractivity (Wildman–Crippen MR) is 86.3 cm³/mol. The van der Waals surface area contributed by atoms with Crippen LogP contribution in [0, 0.1) is 22.9 Å². The molecule has 23 heavy (non-hydrogen) atoms.